The van der Waals surface area contributed by atoms with E-state index in [0.717, 1.165) is 0 Å². The molecule has 2 heterocycles. The molecule has 30 heavy (non-hydrogen) atoms. The SMILES string of the molecule is O=C(c1cccc(Cl)c1)N1CCN(c2nccc(Oc3cc(Cl)cc(Cl)c3)n2)CC1. The Morgan fingerprint density at radius 1 is 0.900 bits per heavy atom. The van der Waals surface area contributed by atoms with Gasteiger partial charge in [0.15, 0.2) is 0 Å². The van der Waals surface area contributed by atoms with Crippen molar-refractivity contribution in [2.24, 2.45) is 0 Å². The van der Waals surface area contributed by atoms with E-state index >= 15 is 0 Å². The fourth-order valence-corrected chi connectivity index (χ4v) is 3.86. The molecule has 1 saturated heterocycles. The summed E-state index contributed by atoms with van der Waals surface area (Å²) in [7, 11) is 0. The van der Waals surface area contributed by atoms with Crippen LogP contribution in [0.5, 0.6) is 11.6 Å². The van der Waals surface area contributed by atoms with Gasteiger partial charge in [0, 0.05) is 59.1 Å². The maximum atomic E-state index is 12.7. The van der Waals surface area contributed by atoms with Crippen LogP contribution in [0.25, 0.3) is 0 Å². The molecular weight excluding hydrogens is 447 g/mol. The van der Waals surface area contributed by atoms with Gasteiger partial charge in [-0.3, -0.25) is 4.79 Å². The van der Waals surface area contributed by atoms with Gasteiger partial charge in [0.1, 0.15) is 5.75 Å². The van der Waals surface area contributed by atoms with Crippen LogP contribution in [0.1, 0.15) is 10.4 Å². The minimum absolute atomic E-state index is 0.0343. The lowest BCUT2D eigenvalue weighted by Crippen LogP contribution is -2.49. The van der Waals surface area contributed by atoms with Gasteiger partial charge in [0.25, 0.3) is 5.91 Å². The van der Waals surface area contributed by atoms with Crippen molar-refractivity contribution < 1.29 is 9.53 Å². The predicted octanol–water partition coefficient (Wildman–Crippen LogP) is 5.19. The number of amides is 1. The van der Waals surface area contributed by atoms with Crippen molar-refractivity contribution in [3.05, 3.63) is 75.4 Å². The molecule has 0 atom stereocenters. The molecule has 1 fully saturated rings. The molecule has 0 aliphatic carbocycles. The molecule has 154 valence electrons. The largest absolute Gasteiger partial charge is 0.439 e. The minimum Gasteiger partial charge on any atom is -0.439 e. The van der Waals surface area contributed by atoms with Crippen LogP contribution in [-0.4, -0.2) is 47.0 Å². The van der Waals surface area contributed by atoms with E-state index in [1.165, 1.54) is 0 Å². The normalized spacial score (nSPS) is 14.0. The molecule has 3 aromatic rings. The van der Waals surface area contributed by atoms with Gasteiger partial charge in [0.2, 0.25) is 11.8 Å². The Morgan fingerprint density at radius 2 is 1.63 bits per heavy atom. The number of ether oxygens (including phenoxy) is 1. The number of benzene rings is 2. The Morgan fingerprint density at radius 3 is 2.33 bits per heavy atom. The highest BCUT2D eigenvalue weighted by molar-refractivity contribution is 6.34. The molecule has 9 heteroatoms. The highest BCUT2D eigenvalue weighted by Crippen LogP contribution is 2.28. The first-order chi connectivity index (χ1) is 14.5. The number of piperazine rings is 1. The van der Waals surface area contributed by atoms with Gasteiger partial charge in [-0.15, -0.1) is 0 Å². The van der Waals surface area contributed by atoms with E-state index in [1.54, 1.807) is 59.6 Å². The van der Waals surface area contributed by atoms with Gasteiger partial charge < -0.3 is 14.5 Å². The number of rotatable bonds is 4. The van der Waals surface area contributed by atoms with Crippen LogP contribution in [0.15, 0.2) is 54.7 Å². The molecule has 1 aliphatic heterocycles. The monoisotopic (exact) mass is 462 g/mol. The average Bonchev–Trinajstić information content (AvgIpc) is 2.73. The van der Waals surface area contributed by atoms with Crippen molar-refractivity contribution in [3.8, 4) is 11.6 Å². The zero-order valence-corrected chi connectivity index (χ0v) is 18.0. The fraction of sp³-hybridized carbons (Fsp3) is 0.190. The van der Waals surface area contributed by atoms with E-state index < -0.39 is 0 Å². The Labute approximate surface area is 189 Å². The lowest BCUT2D eigenvalue weighted by atomic mass is 10.2. The Balaban J connectivity index is 1.41. The molecule has 2 aromatic carbocycles. The van der Waals surface area contributed by atoms with Crippen LogP contribution in [-0.2, 0) is 0 Å². The van der Waals surface area contributed by atoms with Crippen LogP contribution in [0.4, 0.5) is 5.95 Å². The molecular formula is C21H17Cl3N4O2. The maximum absolute atomic E-state index is 12.7. The van der Waals surface area contributed by atoms with E-state index in [9.17, 15) is 4.79 Å². The number of halogens is 3. The molecule has 1 amide bonds. The molecule has 1 aliphatic rings. The minimum atomic E-state index is -0.0343. The molecule has 0 bridgehead atoms. The number of hydrogen-bond acceptors (Lipinski definition) is 5. The summed E-state index contributed by atoms with van der Waals surface area (Å²) in [5, 5.41) is 1.50. The lowest BCUT2D eigenvalue weighted by molar-refractivity contribution is 0.0746. The number of nitrogens with zero attached hydrogens (tertiary/aromatic N) is 4. The van der Waals surface area contributed by atoms with E-state index in [1.807, 2.05) is 4.90 Å². The third-order valence-electron chi connectivity index (χ3n) is 4.60. The smallest absolute Gasteiger partial charge is 0.254 e. The summed E-state index contributed by atoms with van der Waals surface area (Å²) in [4.78, 5) is 25.3. The molecule has 0 radical (unpaired) electrons. The van der Waals surface area contributed by atoms with Crippen molar-refractivity contribution in [2.75, 3.05) is 31.1 Å². The van der Waals surface area contributed by atoms with Crippen LogP contribution in [0, 0.1) is 0 Å². The summed E-state index contributed by atoms with van der Waals surface area (Å²) in [5.74, 6) is 1.38. The van der Waals surface area contributed by atoms with Gasteiger partial charge in [-0.1, -0.05) is 40.9 Å². The third kappa shape index (κ3) is 4.95. The van der Waals surface area contributed by atoms with Crippen molar-refractivity contribution in [1.82, 2.24) is 14.9 Å². The van der Waals surface area contributed by atoms with Crippen molar-refractivity contribution in [1.29, 1.82) is 0 Å². The summed E-state index contributed by atoms with van der Waals surface area (Å²) >= 11 is 18.0. The van der Waals surface area contributed by atoms with E-state index in [4.69, 9.17) is 39.5 Å². The van der Waals surface area contributed by atoms with Gasteiger partial charge in [-0.05, 0) is 36.4 Å². The molecule has 0 saturated carbocycles. The Hall–Kier alpha value is -2.54. The second kappa shape index (κ2) is 9.08. The molecule has 0 N–H and O–H groups in total. The fourth-order valence-electron chi connectivity index (χ4n) is 3.16. The van der Waals surface area contributed by atoms with E-state index in [-0.39, 0.29) is 5.91 Å². The van der Waals surface area contributed by atoms with Crippen molar-refractivity contribution in [3.63, 3.8) is 0 Å². The van der Waals surface area contributed by atoms with Gasteiger partial charge in [-0.2, -0.15) is 4.98 Å². The summed E-state index contributed by atoms with van der Waals surface area (Å²) in [6, 6.07) is 13.6. The summed E-state index contributed by atoms with van der Waals surface area (Å²) in [5.41, 5.74) is 0.586. The molecule has 0 spiro atoms. The third-order valence-corrected chi connectivity index (χ3v) is 5.27. The first-order valence-corrected chi connectivity index (χ1v) is 10.4. The highest BCUT2D eigenvalue weighted by Gasteiger charge is 2.24. The van der Waals surface area contributed by atoms with Crippen LogP contribution < -0.4 is 9.64 Å². The van der Waals surface area contributed by atoms with Crippen LogP contribution >= 0.6 is 34.8 Å². The van der Waals surface area contributed by atoms with Crippen LogP contribution in [0.2, 0.25) is 15.1 Å². The standard InChI is InChI=1S/C21H17Cl3N4O2/c22-15-3-1-2-14(10-15)20(29)27-6-8-28(9-7-27)21-25-5-4-19(26-21)30-18-12-16(23)11-17(24)13-18/h1-5,10-13H,6-9H2. The van der Waals surface area contributed by atoms with Crippen molar-refractivity contribution >= 4 is 46.7 Å². The number of hydrogen-bond donors (Lipinski definition) is 0. The number of carbonyl (C=O) groups excluding carboxylic acids is 1. The Bertz CT molecular complexity index is 1050. The second-order valence-corrected chi connectivity index (χ2v) is 8.00. The van der Waals surface area contributed by atoms with E-state index in [0.29, 0.717) is 64.4 Å². The summed E-state index contributed by atoms with van der Waals surface area (Å²) in [6.45, 7) is 2.34. The predicted molar refractivity (Wildman–Crippen MR) is 118 cm³/mol. The lowest BCUT2D eigenvalue weighted by Gasteiger charge is -2.34. The first kappa shape index (κ1) is 20.7. The van der Waals surface area contributed by atoms with Crippen LogP contribution in [0.3, 0.4) is 0 Å². The second-order valence-electron chi connectivity index (χ2n) is 6.69. The number of anilines is 1. The maximum Gasteiger partial charge on any atom is 0.254 e. The first-order valence-electron chi connectivity index (χ1n) is 9.25. The van der Waals surface area contributed by atoms with Crippen molar-refractivity contribution in [2.45, 2.75) is 0 Å². The molecule has 4 rings (SSSR count). The summed E-state index contributed by atoms with van der Waals surface area (Å²) in [6.07, 6.45) is 1.63. The zero-order chi connectivity index (χ0) is 21.1. The van der Waals surface area contributed by atoms with Gasteiger partial charge in [0.05, 0.1) is 0 Å². The summed E-state index contributed by atoms with van der Waals surface area (Å²) < 4.78 is 5.78. The number of carbonyl (C=O) groups is 1. The molecule has 1 aromatic heterocycles. The zero-order valence-electron chi connectivity index (χ0n) is 15.8. The average molecular weight is 464 g/mol. The molecule has 0 unspecified atom stereocenters. The quantitative estimate of drug-likeness (QED) is 0.533. The Kier molecular flexibility index (Phi) is 6.27. The number of aromatic nitrogens is 2. The highest BCUT2D eigenvalue weighted by atomic mass is 35.5. The van der Waals surface area contributed by atoms with E-state index in [2.05, 4.69) is 9.97 Å². The van der Waals surface area contributed by atoms with Gasteiger partial charge in [-0.25, -0.2) is 4.98 Å². The topological polar surface area (TPSA) is 58.6 Å². The van der Waals surface area contributed by atoms with Gasteiger partial charge >= 0.3 is 0 Å². The molecule has 6 nitrogen and oxygen atoms in total.